The van der Waals surface area contributed by atoms with Gasteiger partial charge in [0.05, 0.1) is 23.9 Å². The van der Waals surface area contributed by atoms with Gasteiger partial charge in [-0.05, 0) is 56.6 Å². The van der Waals surface area contributed by atoms with E-state index in [1.165, 1.54) is 5.56 Å². The summed E-state index contributed by atoms with van der Waals surface area (Å²) in [5, 5.41) is 3.37. The molecule has 4 nitrogen and oxygen atoms in total. The van der Waals surface area contributed by atoms with Crippen molar-refractivity contribution in [2.75, 3.05) is 32.1 Å². The van der Waals surface area contributed by atoms with Crippen LogP contribution in [0.3, 0.4) is 0 Å². The molecule has 2 aromatic carbocycles. The summed E-state index contributed by atoms with van der Waals surface area (Å²) in [5.74, 6) is 0.852. The maximum atomic E-state index is 12.1. The van der Waals surface area contributed by atoms with Crippen molar-refractivity contribution in [3.8, 4) is 5.75 Å². The molecule has 1 N–H and O–H groups in total. The number of likely N-dealkylation sites (N-methyl/N-ethyl adjacent to an activating group) is 1. The number of nitrogens with zero attached hydrogens (tertiary/aromatic N) is 1. The average Bonchev–Trinajstić information content (AvgIpc) is 2.56. The van der Waals surface area contributed by atoms with Gasteiger partial charge >= 0.3 is 0 Å². The first kappa shape index (κ1) is 19.3. The van der Waals surface area contributed by atoms with E-state index in [-0.39, 0.29) is 5.91 Å². The van der Waals surface area contributed by atoms with E-state index in [4.69, 9.17) is 16.3 Å². The highest BCUT2D eigenvalue weighted by Crippen LogP contribution is 2.20. The average molecular weight is 361 g/mol. The molecule has 0 saturated heterocycles. The fourth-order valence-corrected chi connectivity index (χ4v) is 2.64. The number of carbonyl (C=O) groups is 1. The minimum absolute atomic E-state index is 0.0777. The van der Waals surface area contributed by atoms with E-state index in [0.717, 1.165) is 24.3 Å². The lowest BCUT2D eigenvalue weighted by atomic mass is 10.1. The Morgan fingerprint density at radius 3 is 2.72 bits per heavy atom. The van der Waals surface area contributed by atoms with Crippen molar-refractivity contribution in [3.63, 3.8) is 0 Å². The molecule has 0 aliphatic carbocycles. The first-order valence-electron chi connectivity index (χ1n) is 8.38. The second-order valence-electron chi connectivity index (χ2n) is 6.24. The second kappa shape index (κ2) is 9.44. The Bertz CT molecular complexity index is 719. The van der Waals surface area contributed by atoms with Gasteiger partial charge in [-0.2, -0.15) is 0 Å². The molecule has 0 spiro atoms. The number of aryl methyl sites for hydroxylation is 2. The van der Waals surface area contributed by atoms with Gasteiger partial charge in [-0.25, -0.2) is 0 Å². The Hall–Kier alpha value is -2.04. The van der Waals surface area contributed by atoms with Crippen LogP contribution in [-0.2, 0) is 4.79 Å². The molecule has 1 amide bonds. The van der Waals surface area contributed by atoms with Gasteiger partial charge in [-0.1, -0.05) is 35.9 Å². The number of halogens is 1. The molecular formula is C20H25ClN2O2. The number of nitrogens with one attached hydrogen (secondary N) is 1. The van der Waals surface area contributed by atoms with Crippen molar-refractivity contribution in [1.29, 1.82) is 0 Å². The molecule has 0 heterocycles. The van der Waals surface area contributed by atoms with Gasteiger partial charge in [0.15, 0.2) is 0 Å². The highest BCUT2D eigenvalue weighted by Gasteiger charge is 2.09. The number of para-hydroxylation sites is 1. The van der Waals surface area contributed by atoms with Crippen molar-refractivity contribution < 1.29 is 9.53 Å². The molecule has 0 aromatic heterocycles. The number of hydrogen-bond donors (Lipinski definition) is 1. The van der Waals surface area contributed by atoms with Crippen molar-refractivity contribution in [1.82, 2.24) is 4.90 Å². The van der Waals surface area contributed by atoms with Crippen LogP contribution in [0, 0.1) is 13.8 Å². The van der Waals surface area contributed by atoms with Crippen LogP contribution in [0.1, 0.15) is 17.5 Å². The minimum Gasteiger partial charge on any atom is -0.493 e. The Labute approximate surface area is 154 Å². The third-order valence-electron chi connectivity index (χ3n) is 3.85. The summed E-state index contributed by atoms with van der Waals surface area (Å²) in [4.78, 5) is 14.0. The molecule has 25 heavy (non-hydrogen) atoms. The first-order chi connectivity index (χ1) is 12.0. The SMILES string of the molecule is Cc1ccc(C)c(OCCCN(C)CC(=O)Nc2ccccc2Cl)c1. The third-order valence-corrected chi connectivity index (χ3v) is 4.18. The molecule has 2 aromatic rings. The summed E-state index contributed by atoms with van der Waals surface area (Å²) in [5.41, 5.74) is 2.97. The summed E-state index contributed by atoms with van der Waals surface area (Å²) in [7, 11) is 1.92. The summed E-state index contributed by atoms with van der Waals surface area (Å²) >= 11 is 6.04. The predicted molar refractivity (Wildman–Crippen MR) is 104 cm³/mol. The van der Waals surface area contributed by atoms with Gasteiger partial charge < -0.3 is 10.1 Å². The van der Waals surface area contributed by atoms with Crippen LogP contribution < -0.4 is 10.1 Å². The van der Waals surface area contributed by atoms with Crippen LogP contribution >= 0.6 is 11.6 Å². The number of rotatable bonds is 8. The lowest BCUT2D eigenvalue weighted by Gasteiger charge is -2.17. The maximum absolute atomic E-state index is 12.1. The molecule has 0 aliphatic rings. The summed E-state index contributed by atoms with van der Waals surface area (Å²) in [6.07, 6.45) is 0.850. The molecule has 0 bridgehead atoms. The number of carbonyl (C=O) groups excluding carboxylic acids is 1. The third kappa shape index (κ3) is 6.40. The summed E-state index contributed by atoms with van der Waals surface area (Å²) in [6, 6.07) is 13.4. The lowest BCUT2D eigenvalue weighted by molar-refractivity contribution is -0.117. The Morgan fingerprint density at radius 2 is 1.96 bits per heavy atom. The zero-order valence-corrected chi connectivity index (χ0v) is 15.8. The molecule has 0 fully saturated rings. The largest absolute Gasteiger partial charge is 0.493 e. The van der Waals surface area contributed by atoms with E-state index >= 15 is 0 Å². The van der Waals surface area contributed by atoms with Crippen LogP contribution in [0.4, 0.5) is 5.69 Å². The van der Waals surface area contributed by atoms with Gasteiger partial charge in [-0.15, -0.1) is 0 Å². The topological polar surface area (TPSA) is 41.6 Å². The molecule has 0 saturated carbocycles. The van der Waals surface area contributed by atoms with Gasteiger partial charge in [0, 0.05) is 6.54 Å². The van der Waals surface area contributed by atoms with Crippen LogP contribution in [-0.4, -0.2) is 37.6 Å². The first-order valence-corrected chi connectivity index (χ1v) is 8.76. The zero-order valence-electron chi connectivity index (χ0n) is 15.0. The number of amides is 1. The minimum atomic E-state index is -0.0777. The summed E-state index contributed by atoms with van der Waals surface area (Å²) < 4.78 is 5.84. The Kier molecular flexibility index (Phi) is 7.29. The van der Waals surface area contributed by atoms with Crippen molar-refractivity contribution in [2.45, 2.75) is 20.3 Å². The van der Waals surface area contributed by atoms with E-state index in [2.05, 4.69) is 30.4 Å². The van der Waals surface area contributed by atoms with E-state index in [9.17, 15) is 4.79 Å². The molecule has 0 aliphatic heterocycles. The number of benzene rings is 2. The van der Waals surface area contributed by atoms with Crippen LogP contribution in [0.25, 0.3) is 0 Å². The quantitative estimate of drug-likeness (QED) is 0.714. The lowest BCUT2D eigenvalue weighted by Crippen LogP contribution is -2.31. The molecule has 5 heteroatoms. The molecular weight excluding hydrogens is 336 g/mol. The molecule has 2 rings (SSSR count). The normalized spacial score (nSPS) is 10.8. The molecule has 0 unspecified atom stereocenters. The Balaban J connectivity index is 1.70. The van der Waals surface area contributed by atoms with Crippen LogP contribution in [0.2, 0.25) is 5.02 Å². The molecule has 0 atom stereocenters. The number of ether oxygens (including phenoxy) is 1. The molecule has 134 valence electrons. The second-order valence-corrected chi connectivity index (χ2v) is 6.64. The number of anilines is 1. The van der Waals surface area contributed by atoms with E-state index in [0.29, 0.717) is 23.9 Å². The van der Waals surface area contributed by atoms with E-state index in [1.807, 2.05) is 31.0 Å². The monoisotopic (exact) mass is 360 g/mol. The predicted octanol–water partition coefficient (Wildman–Crippen LogP) is 4.30. The highest BCUT2D eigenvalue weighted by atomic mass is 35.5. The summed E-state index contributed by atoms with van der Waals surface area (Å²) in [6.45, 7) is 5.81. The fraction of sp³-hybridized carbons (Fsp3) is 0.350. The van der Waals surface area contributed by atoms with Crippen LogP contribution in [0.15, 0.2) is 42.5 Å². The van der Waals surface area contributed by atoms with Gasteiger partial charge in [0.2, 0.25) is 5.91 Å². The van der Waals surface area contributed by atoms with Gasteiger partial charge in [-0.3, -0.25) is 9.69 Å². The molecule has 0 radical (unpaired) electrons. The highest BCUT2D eigenvalue weighted by molar-refractivity contribution is 6.33. The zero-order chi connectivity index (χ0) is 18.2. The number of hydrogen-bond acceptors (Lipinski definition) is 3. The smallest absolute Gasteiger partial charge is 0.238 e. The van der Waals surface area contributed by atoms with Gasteiger partial charge in [0.25, 0.3) is 0 Å². The fourth-order valence-electron chi connectivity index (χ4n) is 2.46. The Morgan fingerprint density at radius 1 is 1.20 bits per heavy atom. The van der Waals surface area contributed by atoms with Crippen molar-refractivity contribution in [2.24, 2.45) is 0 Å². The van der Waals surface area contributed by atoms with Crippen LogP contribution in [0.5, 0.6) is 5.75 Å². The van der Waals surface area contributed by atoms with Crippen molar-refractivity contribution >= 4 is 23.2 Å². The van der Waals surface area contributed by atoms with Crippen molar-refractivity contribution in [3.05, 3.63) is 58.6 Å². The maximum Gasteiger partial charge on any atom is 0.238 e. The standard InChI is InChI=1S/C20H25ClN2O2/c1-15-9-10-16(2)19(13-15)25-12-6-11-23(3)14-20(24)22-18-8-5-4-7-17(18)21/h4-5,7-10,13H,6,11-12,14H2,1-3H3,(H,22,24). The van der Waals surface area contributed by atoms with E-state index in [1.54, 1.807) is 12.1 Å². The van der Waals surface area contributed by atoms with E-state index < -0.39 is 0 Å². The van der Waals surface area contributed by atoms with Gasteiger partial charge in [0.1, 0.15) is 5.75 Å².